The number of Topliss-reactive ketones (excluding diaryl/α,β-unsaturated/α-hetero) is 1. The standard InChI is InChI=1S/C21H21N3O4/c1-14(25)7-10-20(26)23-16-8-9-17-19(11-16)24(13-22-17)18(12-21(27)28)15-5-3-2-4-6-15/h2-6,8-9,11,13,18H,7,10,12H2,1H3,(H,23,26)(H,27,28). The molecule has 1 unspecified atom stereocenters. The first kappa shape index (κ1) is 19.3. The number of fused-ring (bicyclic) bond motifs is 1. The van der Waals surface area contributed by atoms with E-state index in [-0.39, 0.29) is 31.0 Å². The lowest BCUT2D eigenvalue weighted by Gasteiger charge is -2.18. The monoisotopic (exact) mass is 379 g/mol. The highest BCUT2D eigenvalue weighted by atomic mass is 16.4. The molecule has 1 heterocycles. The van der Waals surface area contributed by atoms with Crippen molar-refractivity contribution in [3.05, 3.63) is 60.4 Å². The Bertz CT molecular complexity index is 1010. The van der Waals surface area contributed by atoms with Gasteiger partial charge in [0.2, 0.25) is 5.91 Å². The molecule has 3 rings (SSSR count). The van der Waals surface area contributed by atoms with Gasteiger partial charge in [-0.1, -0.05) is 30.3 Å². The van der Waals surface area contributed by atoms with Crippen LogP contribution in [0.4, 0.5) is 5.69 Å². The summed E-state index contributed by atoms with van der Waals surface area (Å²) in [5.74, 6) is -1.20. The van der Waals surface area contributed by atoms with E-state index in [1.54, 1.807) is 24.5 Å². The Morgan fingerprint density at radius 1 is 1.11 bits per heavy atom. The van der Waals surface area contributed by atoms with Crippen LogP contribution in [0.5, 0.6) is 0 Å². The highest BCUT2D eigenvalue weighted by molar-refractivity contribution is 5.95. The number of hydrogen-bond donors (Lipinski definition) is 2. The van der Waals surface area contributed by atoms with E-state index in [9.17, 15) is 19.5 Å². The van der Waals surface area contributed by atoms with E-state index in [0.717, 1.165) is 11.1 Å². The molecule has 2 N–H and O–H groups in total. The summed E-state index contributed by atoms with van der Waals surface area (Å²) in [6.45, 7) is 1.45. The number of carboxylic acid groups (broad SMARTS) is 1. The molecule has 144 valence electrons. The Morgan fingerprint density at radius 2 is 1.86 bits per heavy atom. The smallest absolute Gasteiger partial charge is 0.305 e. The molecule has 0 aliphatic carbocycles. The number of amides is 1. The van der Waals surface area contributed by atoms with Gasteiger partial charge < -0.3 is 19.8 Å². The van der Waals surface area contributed by atoms with Crippen molar-refractivity contribution in [1.29, 1.82) is 0 Å². The summed E-state index contributed by atoms with van der Waals surface area (Å²) in [6, 6.07) is 14.2. The van der Waals surface area contributed by atoms with Crippen molar-refractivity contribution >= 4 is 34.4 Å². The summed E-state index contributed by atoms with van der Waals surface area (Å²) in [4.78, 5) is 38.9. The lowest BCUT2D eigenvalue weighted by Crippen LogP contribution is -2.15. The number of anilines is 1. The largest absolute Gasteiger partial charge is 0.481 e. The lowest BCUT2D eigenvalue weighted by molar-refractivity contribution is -0.137. The third kappa shape index (κ3) is 4.62. The summed E-state index contributed by atoms with van der Waals surface area (Å²) < 4.78 is 1.81. The van der Waals surface area contributed by atoms with Gasteiger partial charge in [-0.05, 0) is 30.7 Å². The Balaban J connectivity index is 1.93. The first-order valence-electron chi connectivity index (χ1n) is 8.96. The van der Waals surface area contributed by atoms with E-state index >= 15 is 0 Å². The van der Waals surface area contributed by atoms with Gasteiger partial charge in [0.15, 0.2) is 0 Å². The molecule has 0 aliphatic rings. The van der Waals surface area contributed by atoms with Crippen molar-refractivity contribution in [2.75, 3.05) is 5.32 Å². The molecule has 0 aliphatic heterocycles. The Kier molecular flexibility index (Phi) is 5.84. The van der Waals surface area contributed by atoms with Crippen molar-refractivity contribution < 1.29 is 19.5 Å². The molecule has 0 saturated heterocycles. The van der Waals surface area contributed by atoms with Gasteiger partial charge in [0.05, 0.1) is 29.8 Å². The van der Waals surface area contributed by atoms with Crippen LogP contribution in [0.25, 0.3) is 11.0 Å². The van der Waals surface area contributed by atoms with Crippen LogP contribution < -0.4 is 5.32 Å². The molecule has 1 aromatic heterocycles. The molecule has 1 atom stereocenters. The third-order valence-corrected chi connectivity index (χ3v) is 4.45. The molecule has 7 heteroatoms. The molecule has 2 aromatic carbocycles. The summed E-state index contributed by atoms with van der Waals surface area (Å²) in [7, 11) is 0. The Morgan fingerprint density at radius 3 is 2.54 bits per heavy atom. The molecule has 3 aromatic rings. The van der Waals surface area contributed by atoms with E-state index in [2.05, 4.69) is 10.3 Å². The molecule has 0 spiro atoms. The maximum Gasteiger partial charge on any atom is 0.305 e. The van der Waals surface area contributed by atoms with Gasteiger partial charge in [0, 0.05) is 18.5 Å². The summed E-state index contributed by atoms with van der Waals surface area (Å²) >= 11 is 0. The van der Waals surface area contributed by atoms with Crippen LogP contribution in [0.15, 0.2) is 54.9 Å². The minimum Gasteiger partial charge on any atom is -0.481 e. The topological polar surface area (TPSA) is 101 Å². The lowest BCUT2D eigenvalue weighted by atomic mass is 10.0. The van der Waals surface area contributed by atoms with E-state index < -0.39 is 12.0 Å². The maximum atomic E-state index is 12.0. The second kappa shape index (κ2) is 8.47. The first-order chi connectivity index (χ1) is 13.4. The molecular weight excluding hydrogens is 358 g/mol. The van der Waals surface area contributed by atoms with E-state index in [0.29, 0.717) is 11.2 Å². The number of carbonyl (C=O) groups excluding carboxylic acids is 2. The number of hydrogen-bond acceptors (Lipinski definition) is 4. The summed E-state index contributed by atoms with van der Waals surface area (Å²) in [5.41, 5.74) is 2.86. The molecule has 28 heavy (non-hydrogen) atoms. The van der Waals surface area contributed by atoms with Gasteiger partial charge in [-0.3, -0.25) is 9.59 Å². The molecule has 7 nitrogen and oxygen atoms in total. The molecule has 0 bridgehead atoms. The molecule has 0 radical (unpaired) electrons. The van der Waals surface area contributed by atoms with Crippen molar-refractivity contribution in [3.8, 4) is 0 Å². The summed E-state index contributed by atoms with van der Waals surface area (Å²) in [5, 5.41) is 12.2. The molecule has 0 saturated carbocycles. The van der Waals surface area contributed by atoms with Gasteiger partial charge in [-0.2, -0.15) is 0 Å². The second-order valence-electron chi connectivity index (χ2n) is 6.63. The molecule has 0 fully saturated rings. The zero-order chi connectivity index (χ0) is 20.1. The second-order valence-corrected chi connectivity index (χ2v) is 6.63. The SMILES string of the molecule is CC(=O)CCC(=O)Nc1ccc2ncn(C(CC(=O)O)c3ccccc3)c2c1. The van der Waals surface area contributed by atoms with Crippen molar-refractivity contribution in [1.82, 2.24) is 9.55 Å². The number of nitrogens with zero attached hydrogens (tertiary/aromatic N) is 2. The number of benzene rings is 2. The minimum atomic E-state index is -0.913. The van der Waals surface area contributed by atoms with Gasteiger partial charge in [0.1, 0.15) is 5.78 Å². The highest BCUT2D eigenvalue weighted by Gasteiger charge is 2.20. The van der Waals surface area contributed by atoms with Crippen LogP contribution >= 0.6 is 0 Å². The normalized spacial score (nSPS) is 11.9. The molecule has 1 amide bonds. The number of ketones is 1. The average Bonchev–Trinajstić information content (AvgIpc) is 3.08. The van der Waals surface area contributed by atoms with E-state index in [4.69, 9.17) is 0 Å². The quantitative estimate of drug-likeness (QED) is 0.625. The zero-order valence-electron chi connectivity index (χ0n) is 15.5. The fourth-order valence-electron chi connectivity index (χ4n) is 3.08. The van der Waals surface area contributed by atoms with Gasteiger partial charge in [-0.25, -0.2) is 4.98 Å². The number of aromatic nitrogens is 2. The molecular formula is C21H21N3O4. The predicted octanol–water partition coefficient (Wildman–Crippen LogP) is 3.41. The minimum absolute atomic E-state index is 0.0388. The number of aliphatic carboxylic acids is 1. The van der Waals surface area contributed by atoms with Crippen LogP contribution in [0.2, 0.25) is 0 Å². The maximum absolute atomic E-state index is 12.0. The fourth-order valence-corrected chi connectivity index (χ4v) is 3.08. The summed E-state index contributed by atoms with van der Waals surface area (Å²) in [6.07, 6.45) is 1.84. The zero-order valence-corrected chi connectivity index (χ0v) is 15.5. The van der Waals surface area contributed by atoms with Gasteiger partial charge in [-0.15, -0.1) is 0 Å². The first-order valence-corrected chi connectivity index (χ1v) is 8.96. The average molecular weight is 379 g/mol. The number of nitrogens with one attached hydrogen (secondary N) is 1. The number of imidazole rings is 1. The van der Waals surface area contributed by atoms with Crippen LogP contribution in [0.1, 0.15) is 37.8 Å². The van der Waals surface area contributed by atoms with Crippen molar-refractivity contribution in [3.63, 3.8) is 0 Å². The van der Waals surface area contributed by atoms with Crippen LogP contribution in [-0.2, 0) is 14.4 Å². The Labute approximate surface area is 162 Å². The van der Waals surface area contributed by atoms with Crippen LogP contribution in [0.3, 0.4) is 0 Å². The van der Waals surface area contributed by atoms with E-state index in [1.165, 1.54) is 6.92 Å². The van der Waals surface area contributed by atoms with Crippen LogP contribution in [0, 0.1) is 0 Å². The van der Waals surface area contributed by atoms with Crippen molar-refractivity contribution in [2.24, 2.45) is 0 Å². The fraction of sp³-hybridized carbons (Fsp3) is 0.238. The van der Waals surface area contributed by atoms with E-state index in [1.807, 2.05) is 34.9 Å². The highest BCUT2D eigenvalue weighted by Crippen LogP contribution is 2.28. The number of carboxylic acids is 1. The predicted molar refractivity (Wildman–Crippen MR) is 105 cm³/mol. The number of carbonyl (C=O) groups is 3. The van der Waals surface area contributed by atoms with Gasteiger partial charge >= 0.3 is 5.97 Å². The van der Waals surface area contributed by atoms with Crippen LogP contribution in [-0.4, -0.2) is 32.3 Å². The third-order valence-electron chi connectivity index (χ3n) is 4.45. The number of rotatable bonds is 8. The Hall–Kier alpha value is -3.48. The van der Waals surface area contributed by atoms with Crippen molar-refractivity contribution in [2.45, 2.75) is 32.2 Å². The van der Waals surface area contributed by atoms with Gasteiger partial charge in [0.25, 0.3) is 0 Å².